The van der Waals surface area contributed by atoms with E-state index in [1.165, 1.54) is 0 Å². The minimum Gasteiger partial charge on any atom is -0.497 e. The van der Waals surface area contributed by atoms with Crippen molar-refractivity contribution in [2.24, 2.45) is 0 Å². The number of hydrogen-bond donors (Lipinski definition) is 2. The molecule has 1 fully saturated rings. The molecular weight excluding hydrogens is 370 g/mol. The number of rotatable bonds is 6. The first-order chi connectivity index (χ1) is 14.1. The molecular formula is C22H25N3O4. The van der Waals surface area contributed by atoms with Crippen LogP contribution in [0.25, 0.3) is 10.9 Å². The van der Waals surface area contributed by atoms with Gasteiger partial charge in [0, 0.05) is 54.5 Å². The predicted octanol–water partition coefficient (Wildman–Crippen LogP) is 3.13. The maximum atomic E-state index is 12.2. The minimum atomic E-state index is -0.841. The summed E-state index contributed by atoms with van der Waals surface area (Å²) in [5, 5.41) is 10.9. The molecule has 7 heteroatoms. The Hall–Kier alpha value is -3.19. The molecule has 1 aliphatic rings. The summed E-state index contributed by atoms with van der Waals surface area (Å²) < 4.78 is 10.5. The summed E-state index contributed by atoms with van der Waals surface area (Å²) in [7, 11) is 3.26. The largest absolute Gasteiger partial charge is 0.497 e. The maximum absolute atomic E-state index is 12.2. The van der Waals surface area contributed by atoms with Crippen molar-refractivity contribution in [3.8, 4) is 11.5 Å². The minimum absolute atomic E-state index is 0.666. The van der Waals surface area contributed by atoms with Crippen LogP contribution < -0.4 is 14.4 Å². The van der Waals surface area contributed by atoms with E-state index in [0.29, 0.717) is 18.8 Å². The first-order valence-corrected chi connectivity index (χ1v) is 9.61. The monoisotopic (exact) mass is 395 g/mol. The lowest BCUT2D eigenvalue weighted by Crippen LogP contribution is -2.49. The SMILES string of the molecule is COc1ccc(N2CCN([C@H](C(=O)O)c3c[nH]c4ccc(OC)cc34)CC2)cc1. The zero-order valence-electron chi connectivity index (χ0n) is 16.6. The van der Waals surface area contributed by atoms with E-state index < -0.39 is 12.0 Å². The number of carbonyl (C=O) groups is 1. The van der Waals surface area contributed by atoms with Crippen molar-refractivity contribution in [2.45, 2.75) is 6.04 Å². The summed E-state index contributed by atoms with van der Waals surface area (Å²) in [6, 6.07) is 12.9. The first kappa shape index (κ1) is 19.1. The molecule has 0 aliphatic carbocycles. The molecule has 0 saturated carbocycles. The van der Waals surface area contributed by atoms with Gasteiger partial charge in [0.25, 0.3) is 0 Å². The number of nitrogens with one attached hydrogen (secondary N) is 1. The number of hydrogen-bond acceptors (Lipinski definition) is 5. The Morgan fingerprint density at radius 1 is 1.00 bits per heavy atom. The Morgan fingerprint density at radius 2 is 1.66 bits per heavy atom. The topological polar surface area (TPSA) is 78.0 Å². The molecule has 0 radical (unpaired) electrons. The van der Waals surface area contributed by atoms with Gasteiger partial charge in [-0.05, 0) is 42.5 Å². The number of anilines is 1. The Morgan fingerprint density at radius 3 is 2.28 bits per heavy atom. The van der Waals surface area contributed by atoms with Gasteiger partial charge in [0.2, 0.25) is 0 Å². The van der Waals surface area contributed by atoms with Crippen LogP contribution in [0.15, 0.2) is 48.7 Å². The predicted molar refractivity (Wildman–Crippen MR) is 112 cm³/mol. The van der Waals surface area contributed by atoms with Crippen molar-refractivity contribution in [1.82, 2.24) is 9.88 Å². The van der Waals surface area contributed by atoms with Crippen LogP contribution in [0.4, 0.5) is 5.69 Å². The molecule has 0 bridgehead atoms. The molecule has 1 atom stereocenters. The molecule has 2 N–H and O–H groups in total. The highest BCUT2D eigenvalue weighted by molar-refractivity contribution is 5.90. The van der Waals surface area contributed by atoms with Gasteiger partial charge in [-0.2, -0.15) is 0 Å². The highest BCUT2D eigenvalue weighted by atomic mass is 16.5. The third kappa shape index (κ3) is 3.73. The fourth-order valence-corrected chi connectivity index (χ4v) is 3.99. The fraction of sp³-hybridized carbons (Fsp3) is 0.318. The van der Waals surface area contributed by atoms with E-state index in [-0.39, 0.29) is 0 Å². The van der Waals surface area contributed by atoms with Crippen molar-refractivity contribution in [3.63, 3.8) is 0 Å². The van der Waals surface area contributed by atoms with E-state index in [0.717, 1.165) is 41.0 Å². The van der Waals surface area contributed by atoms with Crippen LogP contribution in [-0.4, -0.2) is 61.4 Å². The van der Waals surface area contributed by atoms with Gasteiger partial charge in [0.05, 0.1) is 14.2 Å². The Labute approximate surface area is 169 Å². The molecule has 1 aromatic heterocycles. The quantitative estimate of drug-likeness (QED) is 0.668. The van der Waals surface area contributed by atoms with Gasteiger partial charge in [-0.3, -0.25) is 9.69 Å². The third-order valence-electron chi connectivity index (χ3n) is 5.57. The fourth-order valence-electron chi connectivity index (χ4n) is 3.99. The second kappa shape index (κ2) is 8.05. The molecule has 1 saturated heterocycles. The highest BCUT2D eigenvalue weighted by Crippen LogP contribution is 2.32. The summed E-state index contributed by atoms with van der Waals surface area (Å²) in [5.41, 5.74) is 2.79. The Bertz CT molecular complexity index is 991. The van der Waals surface area contributed by atoms with Crippen LogP contribution in [0, 0.1) is 0 Å². The summed E-state index contributed by atoms with van der Waals surface area (Å²) >= 11 is 0. The summed E-state index contributed by atoms with van der Waals surface area (Å²) in [6.45, 7) is 2.86. The maximum Gasteiger partial charge on any atom is 0.325 e. The number of aliphatic carboxylic acids is 1. The van der Waals surface area contributed by atoms with Crippen LogP contribution in [0.5, 0.6) is 11.5 Å². The van der Waals surface area contributed by atoms with Crippen LogP contribution in [0.3, 0.4) is 0 Å². The van der Waals surface area contributed by atoms with E-state index in [2.05, 4.69) is 9.88 Å². The zero-order valence-corrected chi connectivity index (χ0v) is 16.6. The van der Waals surface area contributed by atoms with Gasteiger partial charge < -0.3 is 24.5 Å². The van der Waals surface area contributed by atoms with E-state index in [9.17, 15) is 9.90 Å². The van der Waals surface area contributed by atoms with E-state index in [4.69, 9.17) is 9.47 Å². The normalized spacial score (nSPS) is 16.0. The average Bonchev–Trinajstić information content (AvgIpc) is 3.17. The number of methoxy groups -OCH3 is 2. The molecule has 3 aromatic rings. The van der Waals surface area contributed by atoms with Crippen LogP contribution in [0.2, 0.25) is 0 Å². The number of aromatic amines is 1. The Balaban J connectivity index is 1.54. The molecule has 0 spiro atoms. The van der Waals surface area contributed by atoms with E-state index >= 15 is 0 Å². The van der Waals surface area contributed by atoms with Crippen molar-refractivity contribution in [1.29, 1.82) is 0 Å². The molecule has 7 nitrogen and oxygen atoms in total. The summed E-state index contributed by atoms with van der Waals surface area (Å²) in [5.74, 6) is 0.700. The molecule has 1 aliphatic heterocycles. The lowest BCUT2D eigenvalue weighted by molar-refractivity contribution is -0.143. The smallest absolute Gasteiger partial charge is 0.325 e. The number of aromatic nitrogens is 1. The Kier molecular flexibility index (Phi) is 5.31. The first-order valence-electron chi connectivity index (χ1n) is 9.61. The molecule has 2 heterocycles. The second-order valence-corrected chi connectivity index (χ2v) is 7.12. The van der Waals surface area contributed by atoms with Gasteiger partial charge in [0.1, 0.15) is 17.5 Å². The molecule has 152 valence electrons. The van der Waals surface area contributed by atoms with Gasteiger partial charge in [-0.25, -0.2) is 0 Å². The zero-order chi connectivity index (χ0) is 20.4. The van der Waals surface area contributed by atoms with Crippen LogP contribution in [-0.2, 0) is 4.79 Å². The van der Waals surface area contributed by atoms with Crippen molar-refractivity contribution >= 4 is 22.6 Å². The molecule has 2 aromatic carbocycles. The highest BCUT2D eigenvalue weighted by Gasteiger charge is 2.32. The van der Waals surface area contributed by atoms with E-state index in [1.807, 2.05) is 47.4 Å². The van der Waals surface area contributed by atoms with Crippen LogP contribution >= 0.6 is 0 Å². The molecule has 0 amide bonds. The molecule has 0 unspecified atom stereocenters. The third-order valence-corrected chi connectivity index (χ3v) is 5.57. The van der Waals surface area contributed by atoms with E-state index in [1.54, 1.807) is 20.4 Å². The van der Waals surface area contributed by atoms with Crippen LogP contribution in [0.1, 0.15) is 11.6 Å². The number of piperazine rings is 1. The lowest BCUT2D eigenvalue weighted by atomic mass is 10.0. The average molecular weight is 395 g/mol. The van der Waals surface area contributed by atoms with Gasteiger partial charge in [0.15, 0.2) is 0 Å². The number of H-pyrrole nitrogens is 1. The number of carboxylic acids is 1. The summed E-state index contributed by atoms with van der Waals surface area (Å²) in [6.07, 6.45) is 1.80. The summed E-state index contributed by atoms with van der Waals surface area (Å²) in [4.78, 5) is 19.7. The molecule has 4 rings (SSSR count). The number of nitrogens with zero attached hydrogens (tertiary/aromatic N) is 2. The van der Waals surface area contributed by atoms with Crippen molar-refractivity contribution in [3.05, 3.63) is 54.2 Å². The standard InChI is InChI=1S/C22H25N3O4/c1-28-16-5-3-15(4-6-16)24-9-11-25(12-10-24)21(22(26)27)19-14-23-20-8-7-17(29-2)13-18(19)20/h3-8,13-14,21,23H,9-12H2,1-2H3,(H,26,27)/t21-/m0/s1. The number of fused-ring (bicyclic) bond motifs is 1. The lowest BCUT2D eigenvalue weighted by Gasteiger charge is -2.38. The number of carboxylic acid groups (broad SMARTS) is 1. The van der Waals surface area contributed by atoms with Gasteiger partial charge >= 0.3 is 5.97 Å². The molecule has 29 heavy (non-hydrogen) atoms. The van der Waals surface area contributed by atoms with Gasteiger partial charge in [-0.15, -0.1) is 0 Å². The number of ether oxygens (including phenoxy) is 2. The van der Waals surface area contributed by atoms with Gasteiger partial charge in [-0.1, -0.05) is 0 Å². The van der Waals surface area contributed by atoms with Crippen molar-refractivity contribution < 1.29 is 19.4 Å². The van der Waals surface area contributed by atoms with Crippen molar-refractivity contribution in [2.75, 3.05) is 45.3 Å². The number of benzene rings is 2. The second-order valence-electron chi connectivity index (χ2n) is 7.12.